The standard InChI is InChI=1S/C19H25NO5S/c1-3-14-8-10-17(24-14)16-7-5-4-6-12-20(16)19(21)18-11-9-15(25-18)13-26(2,22)23/h8-11,16H,3-7,12-13H2,1-2H3/t16-/m1/s1. The fourth-order valence-electron chi connectivity index (χ4n) is 3.38. The van der Waals surface area contributed by atoms with Gasteiger partial charge in [0, 0.05) is 19.2 Å². The lowest BCUT2D eigenvalue weighted by Gasteiger charge is -2.27. The lowest BCUT2D eigenvalue weighted by atomic mass is 10.1. The van der Waals surface area contributed by atoms with Crippen LogP contribution >= 0.6 is 0 Å². The normalized spacial score (nSPS) is 18.7. The minimum absolute atomic E-state index is 0.117. The summed E-state index contributed by atoms with van der Waals surface area (Å²) in [6.45, 7) is 2.67. The number of furan rings is 2. The third-order valence-electron chi connectivity index (χ3n) is 4.65. The van der Waals surface area contributed by atoms with E-state index in [0.29, 0.717) is 6.54 Å². The number of hydrogen-bond acceptors (Lipinski definition) is 5. The number of nitrogens with zero attached hydrogens (tertiary/aromatic N) is 1. The lowest BCUT2D eigenvalue weighted by Crippen LogP contribution is -2.34. The summed E-state index contributed by atoms with van der Waals surface area (Å²) in [5.74, 6) is 1.75. The summed E-state index contributed by atoms with van der Waals surface area (Å²) >= 11 is 0. The number of rotatable bonds is 5. The van der Waals surface area contributed by atoms with Gasteiger partial charge in [0.2, 0.25) is 0 Å². The van der Waals surface area contributed by atoms with E-state index < -0.39 is 9.84 Å². The molecule has 0 saturated carbocycles. The van der Waals surface area contributed by atoms with Crippen molar-refractivity contribution in [2.24, 2.45) is 0 Å². The molecule has 0 aromatic carbocycles. The lowest BCUT2D eigenvalue weighted by molar-refractivity contribution is 0.0623. The van der Waals surface area contributed by atoms with Gasteiger partial charge in [0.1, 0.15) is 23.0 Å². The quantitative estimate of drug-likeness (QED) is 0.790. The molecule has 0 radical (unpaired) electrons. The minimum atomic E-state index is -3.21. The number of hydrogen-bond donors (Lipinski definition) is 0. The molecule has 1 amide bonds. The van der Waals surface area contributed by atoms with Crippen LogP contribution in [0.4, 0.5) is 0 Å². The molecule has 26 heavy (non-hydrogen) atoms. The molecule has 0 spiro atoms. The summed E-state index contributed by atoms with van der Waals surface area (Å²) in [6.07, 6.45) is 5.84. The third-order valence-corrected chi connectivity index (χ3v) is 5.46. The van der Waals surface area contributed by atoms with Crippen LogP contribution in [0.1, 0.15) is 66.5 Å². The average molecular weight is 379 g/mol. The van der Waals surface area contributed by atoms with Crippen molar-refractivity contribution in [1.29, 1.82) is 0 Å². The minimum Gasteiger partial charge on any atom is -0.464 e. The first-order chi connectivity index (χ1) is 12.4. The molecule has 7 heteroatoms. The van der Waals surface area contributed by atoms with Crippen molar-refractivity contribution in [2.45, 2.75) is 50.8 Å². The summed E-state index contributed by atoms with van der Waals surface area (Å²) in [4.78, 5) is 14.8. The van der Waals surface area contributed by atoms with Crippen molar-refractivity contribution in [3.8, 4) is 0 Å². The van der Waals surface area contributed by atoms with Crippen molar-refractivity contribution in [3.63, 3.8) is 0 Å². The second-order valence-corrected chi connectivity index (χ2v) is 9.00. The highest BCUT2D eigenvalue weighted by molar-refractivity contribution is 7.89. The average Bonchev–Trinajstić information content (AvgIpc) is 3.16. The van der Waals surface area contributed by atoms with E-state index in [1.807, 2.05) is 19.1 Å². The van der Waals surface area contributed by atoms with Gasteiger partial charge in [0.25, 0.3) is 5.91 Å². The number of carbonyl (C=O) groups excluding carboxylic acids is 1. The fraction of sp³-hybridized carbons (Fsp3) is 0.526. The second kappa shape index (κ2) is 7.70. The van der Waals surface area contributed by atoms with Gasteiger partial charge in [-0.3, -0.25) is 4.79 Å². The summed E-state index contributed by atoms with van der Waals surface area (Å²) < 4.78 is 34.3. The van der Waals surface area contributed by atoms with E-state index in [1.165, 1.54) is 0 Å². The van der Waals surface area contributed by atoms with Gasteiger partial charge in [-0.1, -0.05) is 19.8 Å². The molecular formula is C19H25NO5S. The van der Waals surface area contributed by atoms with Gasteiger partial charge in [0.05, 0.1) is 6.04 Å². The van der Waals surface area contributed by atoms with E-state index in [0.717, 1.165) is 49.9 Å². The van der Waals surface area contributed by atoms with Crippen molar-refractivity contribution in [3.05, 3.63) is 47.3 Å². The Morgan fingerprint density at radius 1 is 1.12 bits per heavy atom. The summed E-state index contributed by atoms with van der Waals surface area (Å²) in [5.41, 5.74) is 0. The Bertz CT molecular complexity index is 864. The first-order valence-electron chi connectivity index (χ1n) is 9.03. The van der Waals surface area contributed by atoms with Gasteiger partial charge in [-0.15, -0.1) is 0 Å². The van der Waals surface area contributed by atoms with Gasteiger partial charge in [-0.05, 0) is 37.1 Å². The Hall–Kier alpha value is -2.02. The van der Waals surface area contributed by atoms with Gasteiger partial charge in [-0.25, -0.2) is 8.42 Å². The van der Waals surface area contributed by atoms with Crippen LogP contribution in [0, 0.1) is 0 Å². The molecule has 1 atom stereocenters. The second-order valence-electron chi connectivity index (χ2n) is 6.86. The first kappa shape index (κ1) is 18.8. The zero-order valence-corrected chi connectivity index (χ0v) is 16.0. The molecule has 1 fully saturated rings. The molecule has 1 saturated heterocycles. The topological polar surface area (TPSA) is 80.7 Å². The molecule has 1 aliphatic heterocycles. The number of aryl methyl sites for hydroxylation is 1. The van der Waals surface area contributed by atoms with E-state index in [4.69, 9.17) is 8.83 Å². The van der Waals surface area contributed by atoms with E-state index >= 15 is 0 Å². The van der Waals surface area contributed by atoms with Crippen molar-refractivity contribution >= 4 is 15.7 Å². The van der Waals surface area contributed by atoms with Crippen LogP contribution in [0.15, 0.2) is 33.1 Å². The van der Waals surface area contributed by atoms with E-state index in [2.05, 4.69) is 0 Å². The molecule has 0 unspecified atom stereocenters. The van der Waals surface area contributed by atoms with E-state index in [1.54, 1.807) is 17.0 Å². The predicted molar refractivity (Wildman–Crippen MR) is 97.6 cm³/mol. The molecule has 3 heterocycles. The number of sulfone groups is 1. The Labute approximate surface area is 154 Å². The van der Waals surface area contributed by atoms with E-state index in [9.17, 15) is 13.2 Å². The van der Waals surface area contributed by atoms with Gasteiger partial charge < -0.3 is 13.7 Å². The maximum absolute atomic E-state index is 13.0. The Balaban J connectivity index is 1.84. The highest BCUT2D eigenvalue weighted by Gasteiger charge is 2.31. The molecule has 1 aliphatic rings. The van der Waals surface area contributed by atoms with Crippen LogP contribution in [0.3, 0.4) is 0 Å². The molecule has 142 valence electrons. The smallest absolute Gasteiger partial charge is 0.290 e. The summed E-state index contributed by atoms with van der Waals surface area (Å²) in [7, 11) is -3.21. The molecule has 6 nitrogen and oxygen atoms in total. The van der Waals surface area contributed by atoms with Crippen LogP contribution in [0.5, 0.6) is 0 Å². The monoisotopic (exact) mass is 379 g/mol. The zero-order valence-electron chi connectivity index (χ0n) is 15.2. The van der Waals surface area contributed by atoms with Crippen LogP contribution in [-0.4, -0.2) is 32.0 Å². The molecular weight excluding hydrogens is 354 g/mol. The number of amides is 1. The number of likely N-dealkylation sites (tertiary alicyclic amines) is 1. The molecule has 0 N–H and O–H groups in total. The van der Waals surface area contributed by atoms with Gasteiger partial charge in [-0.2, -0.15) is 0 Å². The van der Waals surface area contributed by atoms with Crippen LogP contribution in [-0.2, 0) is 22.0 Å². The van der Waals surface area contributed by atoms with Crippen molar-refractivity contribution < 1.29 is 22.0 Å². The van der Waals surface area contributed by atoms with Crippen LogP contribution < -0.4 is 0 Å². The highest BCUT2D eigenvalue weighted by atomic mass is 32.2. The Kier molecular flexibility index (Phi) is 5.55. The largest absolute Gasteiger partial charge is 0.464 e. The fourth-order valence-corrected chi connectivity index (χ4v) is 4.05. The van der Waals surface area contributed by atoms with E-state index in [-0.39, 0.29) is 29.2 Å². The summed E-state index contributed by atoms with van der Waals surface area (Å²) in [6, 6.07) is 6.91. The Morgan fingerprint density at radius 2 is 1.88 bits per heavy atom. The highest BCUT2D eigenvalue weighted by Crippen LogP contribution is 2.33. The molecule has 2 aromatic heterocycles. The van der Waals surface area contributed by atoms with Crippen molar-refractivity contribution in [2.75, 3.05) is 12.8 Å². The van der Waals surface area contributed by atoms with Gasteiger partial charge in [0.15, 0.2) is 15.6 Å². The summed E-state index contributed by atoms with van der Waals surface area (Å²) in [5, 5.41) is 0. The predicted octanol–water partition coefficient (Wildman–Crippen LogP) is 3.74. The molecule has 0 bridgehead atoms. The molecule has 0 aliphatic carbocycles. The first-order valence-corrected chi connectivity index (χ1v) is 11.1. The van der Waals surface area contributed by atoms with Crippen LogP contribution in [0.25, 0.3) is 0 Å². The Morgan fingerprint density at radius 3 is 2.58 bits per heavy atom. The number of carbonyl (C=O) groups is 1. The molecule has 3 rings (SSSR count). The van der Waals surface area contributed by atoms with Gasteiger partial charge >= 0.3 is 0 Å². The maximum Gasteiger partial charge on any atom is 0.290 e. The third kappa shape index (κ3) is 4.38. The van der Waals surface area contributed by atoms with Crippen molar-refractivity contribution in [1.82, 2.24) is 4.90 Å². The maximum atomic E-state index is 13.0. The van der Waals surface area contributed by atoms with Crippen LogP contribution in [0.2, 0.25) is 0 Å². The zero-order chi connectivity index (χ0) is 18.7. The SMILES string of the molecule is CCc1ccc([C@H]2CCCCCN2C(=O)c2ccc(CS(C)(=O)=O)o2)o1. The molecule has 2 aromatic rings.